The van der Waals surface area contributed by atoms with E-state index in [1.807, 2.05) is 0 Å². The molecule has 0 saturated carbocycles. The normalized spacial score (nSPS) is 13.4. The van der Waals surface area contributed by atoms with Gasteiger partial charge in [0, 0.05) is 27.1 Å². The van der Waals surface area contributed by atoms with E-state index in [4.69, 9.17) is 18.9 Å². The maximum Gasteiger partial charge on any atom is 0.306 e. The van der Waals surface area contributed by atoms with Gasteiger partial charge in [0.15, 0.2) is 12.2 Å². The summed E-state index contributed by atoms with van der Waals surface area (Å²) < 4.78 is 24.6. The second-order valence-electron chi connectivity index (χ2n) is 18.4. The van der Waals surface area contributed by atoms with Crippen LogP contribution in [-0.2, 0) is 28.5 Å². The predicted molar refractivity (Wildman–Crippen MR) is 246 cm³/mol. The molecular formula is C50H98N2O6+2. The zero-order valence-electron chi connectivity index (χ0n) is 39.8. The number of methoxy groups -OCH3 is 2. The molecule has 0 N–H and O–H groups in total. The first-order valence-electron chi connectivity index (χ1n) is 24.3. The molecule has 0 aromatic heterocycles. The van der Waals surface area contributed by atoms with E-state index < -0.39 is 12.2 Å². The fourth-order valence-corrected chi connectivity index (χ4v) is 7.43. The third kappa shape index (κ3) is 37.3. The number of hydrogen-bond donors (Lipinski definition) is 0. The number of esters is 2. The standard InChI is InChI=1S/C50H98N2O6/c1-9-11-13-15-17-19-21-23-25-27-29-31-33-35-37-39-49(53)57-47(45-51(3,4)41-43-55-7)48(46-52(5,6)42-44-56-8)58-50(54)40-38-36-34-32-30-28-26-24-22-20-18-16-14-12-10-2/h23-26,47-48H,9-22,27-46H2,1-8H3/q+2/b25-23-,26-24-. The van der Waals surface area contributed by atoms with E-state index in [1.165, 1.54) is 116 Å². The molecule has 8 nitrogen and oxygen atoms in total. The quantitative estimate of drug-likeness (QED) is 0.0264. The number of unbranched alkanes of at least 4 members (excludes halogenated alkanes) is 22. The van der Waals surface area contributed by atoms with Crippen molar-refractivity contribution in [2.75, 3.05) is 81.8 Å². The number of carbonyl (C=O) groups is 2. The smallest absolute Gasteiger partial charge is 0.306 e. The van der Waals surface area contributed by atoms with Crippen LogP contribution in [0.1, 0.15) is 194 Å². The van der Waals surface area contributed by atoms with Crippen molar-refractivity contribution < 1.29 is 37.5 Å². The lowest BCUT2D eigenvalue weighted by Gasteiger charge is -2.39. The Labute approximate surface area is 360 Å². The summed E-state index contributed by atoms with van der Waals surface area (Å²) in [4.78, 5) is 26.8. The van der Waals surface area contributed by atoms with Gasteiger partial charge in [-0.2, -0.15) is 0 Å². The predicted octanol–water partition coefficient (Wildman–Crippen LogP) is 12.3. The fraction of sp³-hybridized carbons (Fsp3) is 0.880. The van der Waals surface area contributed by atoms with Crippen LogP contribution >= 0.6 is 0 Å². The Bertz CT molecular complexity index is 919. The molecular weight excluding hydrogens is 725 g/mol. The van der Waals surface area contributed by atoms with Crippen molar-refractivity contribution >= 4 is 11.9 Å². The van der Waals surface area contributed by atoms with Gasteiger partial charge in [-0.05, 0) is 64.2 Å². The van der Waals surface area contributed by atoms with Crippen molar-refractivity contribution in [2.24, 2.45) is 0 Å². The van der Waals surface area contributed by atoms with Crippen molar-refractivity contribution in [2.45, 2.75) is 206 Å². The largest absolute Gasteiger partial charge is 0.452 e. The van der Waals surface area contributed by atoms with E-state index in [1.54, 1.807) is 14.2 Å². The van der Waals surface area contributed by atoms with Crippen LogP contribution in [0.4, 0.5) is 0 Å². The number of carbonyl (C=O) groups excluding carboxylic acids is 2. The Balaban J connectivity index is 5.03. The van der Waals surface area contributed by atoms with Crippen molar-refractivity contribution in [3.8, 4) is 0 Å². The van der Waals surface area contributed by atoms with E-state index in [9.17, 15) is 9.59 Å². The average Bonchev–Trinajstić information content (AvgIpc) is 3.18. The number of quaternary nitrogens is 2. The lowest BCUT2D eigenvalue weighted by Crippen LogP contribution is -2.57. The van der Waals surface area contributed by atoms with Crippen LogP contribution in [-0.4, -0.2) is 115 Å². The van der Waals surface area contributed by atoms with E-state index in [-0.39, 0.29) is 11.9 Å². The maximum absolute atomic E-state index is 13.4. The molecule has 0 heterocycles. The summed E-state index contributed by atoms with van der Waals surface area (Å²) in [5.74, 6) is -0.398. The van der Waals surface area contributed by atoms with Crippen molar-refractivity contribution in [3.63, 3.8) is 0 Å². The minimum absolute atomic E-state index is 0.199. The number of nitrogens with zero attached hydrogens (tertiary/aromatic N) is 2. The first-order chi connectivity index (χ1) is 28.0. The molecule has 0 saturated heterocycles. The van der Waals surface area contributed by atoms with Crippen molar-refractivity contribution in [1.82, 2.24) is 0 Å². The van der Waals surface area contributed by atoms with Gasteiger partial charge in [0.25, 0.3) is 0 Å². The molecule has 0 rings (SSSR count). The van der Waals surface area contributed by atoms with Crippen LogP contribution in [0.25, 0.3) is 0 Å². The molecule has 0 spiro atoms. The molecule has 8 heteroatoms. The lowest BCUT2D eigenvalue weighted by molar-refractivity contribution is -0.901. The Morgan fingerprint density at radius 3 is 1.00 bits per heavy atom. The van der Waals surface area contributed by atoms with Crippen LogP contribution < -0.4 is 0 Å². The molecule has 0 aromatic carbocycles. The molecule has 0 aliphatic rings. The van der Waals surface area contributed by atoms with Gasteiger partial charge in [-0.25, -0.2) is 0 Å². The molecule has 0 amide bonds. The molecule has 0 aromatic rings. The van der Waals surface area contributed by atoms with E-state index in [0.29, 0.717) is 48.1 Å². The van der Waals surface area contributed by atoms with Crippen LogP contribution in [0.3, 0.4) is 0 Å². The summed E-state index contributed by atoms with van der Waals surface area (Å²) in [6, 6.07) is 0. The summed E-state index contributed by atoms with van der Waals surface area (Å²) in [6.07, 6.45) is 40.7. The third-order valence-electron chi connectivity index (χ3n) is 11.4. The molecule has 0 bridgehead atoms. The number of ether oxygens (including phenoxy) is 4. The van der Waals surface area contributed by atoms with Gasteiger partial charge in [-0.1, -0.05) is 141 Å². The molecule has 0 aliphatic carbocycles. The summed E-state index contributed by atoms with van der Waals surface area (Å²) in [7, 11) is 11.9. The molecule has 2 unspecified atom stereocenters. The van der Waals surface area contributed by atoms with Gasteiger partial charge in [0.1, 0.15) is 26.2 Å². The molecule has 0 aliphatic heterocycles. The number of likely N-dealkylation sites (N-methyl/N-ethyl adjacent to an activating group) is 2. The first-order valence-corrected chi connectivity index (χ1v) is 24.3. The third-order valence-corrected chi connectivity index (χ3v) is 11.4. The Morgan fingerprint density at radius 1 is 0.431 bits per heavy atom. The molecule has 0 fully saturated rings. The zero-order valence-corrected chi connectivity index (χ0v) is 39.8. The van der Waals surface area contributed by atoms with E-state index >= 15 is 0 Å². The summed E-state index contributed by atoms with van der Waals surface area (Å²) in [5.41, 5.74) is 0. The second kappa shape index (κ2) is 39.4. The lowest BCUT2D eigenvalue weighted by atomic mass is 10.1. The van der Waals surface area contributed by atoms with Crippen LogP contribution in [0, 0.1) is 0 Å². The summed E-state index contributed by atoms with van der Waals surface area (Å²) in [6.45, 7) is 8.33. The molecule has 0 radical (unpaired) electrons. The molecule has 2 atom stereocenters. The van der Waals surface area contributed by atoms with Crippen LogP contribution in [0.5, 0.6) is 0 Å². The average molecular weight is 823 g/mol. The van der Waals surface area contributed by atoms with Gasteiger partial charge in [-0.3, -0.25) is 9.59 Å². The molecule has 342 valence electrons. The maximum atomic E-state index is 13.4. The SMILES string of the molecule is CCCCCCCC/C=C\CCCCCCCC(=O)OC(C[N+](C)(C)CCOC)C(C[N+](C)(C)CCOC)OC(=O)CCCCCCC/C=C\CCCCCCCC. The van der Waals surface area contributed by atoms with Gasteiger partial charge >= 0.3 is 11.9 Å². The van der Waals surface area contributed by atoms with Gasteiger partial charge in [-0.15, -0.1) is 0 Å². The summed E-state index contributed by atoms with van der Waals surface area (Å²) in [5, 5.41) is 0. The highest BCUT2D eigenvalue weighted by Crippen LogP contribution is 2.19. The zero-order chi connectivity index (χ0) is 43.0. The minimum atomic E-state index is -0.555. The van der Waals surface area contributed by atoms with E-state index in [0.717, 1.165) is 64.5 Å². The number of hydrogen-bond acceptors (Lipinski definition) is 6. The first kappa shape index (κ1) is 56.3. The highest BCUT2D eigenvalue weighted by atomic mass is 16.6. The van der Waals surface area contributed by atoms with Gasteiger partial charge in [0.2, 0.25) is 0 Å². The van der Waals surface area contributed by atoms with Gasteiger partial charge in [0.05, 0.1) is 41.4 Å². The van der Waals surface area contributed by atoms with Crippen molar-refractivity contribution in [3.05, 3.63) is 24.3 Å². The monoisotopic (exact) mass is 823 g/mol. The fourth-order valence-electron chi connectivity index (χ4n) is 7.43. The van der Waals surface area contributed by atoms with Crippen molar-refractivity contribution in [1.29, 1.82) is 0 Å². The topological polar surface area (TPSA) is 71.1 Å². The number of allylic oxidation sites excluding steroid dienone is 4. The Hall–Kier alpha value is -1.74. The highest BCUT2D eigenvalue weighted by Gasteiger charge is 2.39. The minimum Gasteiger partial charge on any atom is -0.452 e. The highest BCUT2D eigenvalue weighted by molar-refractivity contribution is 5.70. The second-order valence-corrected chi connectivity index (χ2v) is 18.4. The Kier molecular flexibility index (Phi) is 38.2. The van der Waals surface area contributed by atoms with Gasteiger partial charge < -0.3 is 27.9 Å². The molecule has 58 heavy (non-hydrogen) atoms. The number of rotatable bonds is 43. The van der Waals surface area contributed by atoms with E-state index in [2.05, 4.69) is 66.3 Å². The van der Waals surface area contributed by atoms with Crippen LogP contribution in [0.15, 0.2) is 24.3 Å². The Morgan fingerprint density at radius 2 is 0.707 bits per heavy atom. The summed E-state index contributed by atoms with van der Waals surface area (Å²) >= 11 is 0. The van der Waals surface area contributed by atoms with Crippen LogP contribution in [0.2, 0.25) is 0 Å².